The highest BCUT2D eigenvalue weighted by molar-refractivity contribution is 5.28. The van der Waals surface area contributed by atoms with Crippen LogP contribution in [-0.2, 0) is 9.47 Å². The number of ether oxygens (including phenoxy) is 2. The molecule has 0 saturated heterocycles. The van der Waals surface area contributed by atoms with E-state index in [1.807, 2.05) is 7.05 Å². The van der Waals surface area contributed by atoms with Crippen molar-refractivity contribution in [2.75, 3.05) is 27.4 Å². The Labute approximate surface area is 117 Å². The van der Waals surface area contributed by atoms with Crippen molar-refractivity contribution in [1.29, 1.82) is 0 Å². The van der Waals surface area contributed by atoms with E-state index < -0.39 is 0 Å². The van der Waals surface area contributed by atoms with Crippen molar-refractivity contribution in [1.82, 2.24) is 5.32 Å². The fourth-order valence-corrected chi connectivity index (χ4v) is 1.93. The van der Waals surface area contributed by atoms with Gasteiger partial charge in [-0.2, -0.15) is 0 Å². The fourth-order valence-electron chi connectivity index (χ4n) is 1.93. The maximum Gasteiger partial charge on any atom is 0.0661 e. The van der Waals surface area contributed by atoms with Crippen LogP contribution >= 0.6 is 0 Å². The summed E-state index contributed by atoms with van der Waals surface area (Å²) in [5.41, 5.74) is 2.48. The predicted octanol–water partition coefficient (Wildman–Crippen LogP) is 3.09. The zero-order chi connectivity index (χ0) is 14.3. The maximum absolute atomic E-state index is 5.79. The van der Waals surface area contributed by atoms with E-state index in [-0.39, 0.29) is 11.6 Å². The van der Waals surface area contributed by atoms with Gasteiger partial charge < -0.3 is 14.8 Å². The average molecular weight is 265 g/mol. The van der Waals surface area contributed by atoms with Crippen molar-refractivity contribution >= 4 is 0 Å². The van der Waals surface area contributed by atoms with E-state index in [1.165, 1.54) is 11.1 Å². The van der Waals surface area contributed by atoms with Crippen molar-refractivity contribution < 1.29 is 9.47 Å². The first-order valence-electron chi connectivity index (χ1n) is 6.86. The molecule has 0 aliphatic rings. The molecule has 0 aromatic heterocycles. The average Bonchev–Trinajstić information content (AvgIpc) is 2.40. The van der Waals surface area contributed by atoms with E-state index in [1.54, 1.807) is 7.11 Å². The zero-order valence-corrected chi connectivity index (χ0v) is 12.8. The first kappa shape index (κ1) is 16.2. The van der Waals surface area contributed by atoms with E-state index in [2.05, 4.69) is 50.4 Å². The zero-order valence-electron chi connectivity index (χ0n) is 12.8. The lowest BCUT2D eigenvalue weighted by atomic mass is 10.0. The Hall–Kier alpha value is -0.900. The highest BCUT2D eigenvalue weighted by atomic mass is 16.5. The van der Waals surface area contributed by atoms with Crippen molar-refractivity contribution in [3.8, 4) is 0 Å². The lowest BCUT2D eigenvalue weighted by Gasteiger charge is -2.24. The summed E-state index contributed by atoms with van der Waals surface area (Å²) in [6, 6.07) is 8.66. The lowest BCUT2D eigenvalue weighted by molar-refractivity contribution is -0.0122. The largest absolute Gasteiger partial charge is 0.379 e. The van der Waals surface area contributed by atoms with Crippen molar-refractivity contribution in [2.45, 2.75) is 38.8 Å². The maximum atomic E-state index is 5.79. The minimum Gasteiger partial charge on any atom is -0.379 e. The van der Waals surface area contributed by atoms with Gasteiger partial charge in [0.2, 0.25) is 0 Å². The van der Waals surface area contributed by atoms with E-state index in [0.717, 1.165) is 6.42 Å². The van der Waals surface area contributed by atoms with Crippen LogP contribution in [0, 0.1) is 6.92 Å². The molecule has 1 atom stereocenters. The first-order valence-corrected chi connectivity index (χ1v) is 6.86. The Kier molecular flexibility index (Phi) is 6.49. The first-order chi connectivity index (χ1) is 9.00. The van der Waals surface area contributed by atoms with Gasteiger partial charge in [-0.05, 0) is 45.4 Å². The highest BCUT2D eigenvalue weighted by Gasteiger charge is 2.17. The molecule has 19 heavy (non-hydrogen) atoms. The minimum atomic E-state index is -0.113. The van der Waals surface area contributed by atoms with Crippen molar-refractivity contribution in [3.05, 3.63) is 35.4 Å². The fraction of sp³-hybridized carbons (Fsp3) is 0.625. The molecule has 108 valence electrons. The smallest absolute Gasteiger partial charge is 0.0661 e. The van der Waals surface area contributed by atoms with Crippen LogP contribution in [0.25, 0.3) is 0 Å². The molecule has 0 heterocycles. The minimum absolute atomic E-state index is 0.113. The standard InChI is InChI=1S/C16H27NO2/c1-13-8-6-7-9-14(13)15(17-4)12-19-11-10-16(2,3)18-5/h6-9,15,17H,10-12H2,1-5H3. The number of nitrogens with one attached hydrogen (secondary N) is 1. The van der Waals surface area contributed by atoms with Crippen LogP contribution < -0.4 is 5.32 Å². The lowest BCUT2D eigenvalue weighted by Crippen LogP contribution is -2.27. The van der Waals surface area contributed by atoms with Crippen LogP contribution in [0.15, 0.2) is 24.3 Å². The normalized spacial score (nSPS) is 13.5. The van der Waals surface area contributed by atoms with Crippen molar-refractivity contribution in [2.24, 2.45) is 0 Å². The summed E-state index contributed by atoms with van der Waals surface area (Å²) in [7, 11) is 3.71. The van der Waals surface area contributed by atoms with E-state index in [0.29, 0.717) is 13.2 Å². The van der Waals surface area contributed by atoms with Gasteiger partial charge >= 0.3 is 0 Å². The SMILES string of the molecule is CNC(COCCC(C)(C)OC)c1ccccc1C. The quantitative estimate of drug-likeness (QED) is 0.733. The Morgan fingerprint density at radius 1 is 1.26 bits per heavy atom. The molecule has 0 radical (unpaired) electrons. The molecule has 0 amide bonds. The molecule has 0 aliphatic carbocycles. The number of rotatable bonds is 8. The molecule has 0 aliphatic heterocycles. The molecule has 3 heteroatoms. The molecule has 1 N–H and O–H groups in total. The van der Waals surface area contributed by atoms with Crippen LogP contribution in [-0.4, -0.2) is 33.0 Å². The Balaban J connectivity index is 2.44. The van der Waals surface area contributed by atoms with E-state index >= 15 is 0 Å². The summed E-state index contributed by atoms with van der Waals surface area (Å²) in [6.45, 7) is 7.68. The molecular formula is C16H27NO2. The van der Waals surface area contributed by atoms with Gasteiger partial charge in [-0.1, -0.05) is 24.3 Å². The van der Waals surface area contributed by atoms with Crippen LogP contribution in [0.5, 0.6) is 0 Å². The third-order valence-electron chi connectivity index (χ3n) is 3.60. The van der Waals surface area contributed by atoms with E-state index in [4.69, 9.17) is 9.47 Å². The number of aryl methyl sites for hydroxylation is 1. The van der Waals surface area contributed by atoms with Crippen LogP contribution in [0.3, 0.4) is 0 Å². The Morgan fingerprint density at radius 3 is 2.53 bits per heavy atom. The predicted molar refractivity (Wildman–Crippen MR) is 79.5 cm³/mol. The molecule has 1 rings (SSSR count). The van der Waals surface area contributed by atoms with E-state index in [9.17, 15) is 0 Å². The molecule has 3 nitrogen and oxygen atoms in total. The molecule has 0 bridgehead atoms. The van der Waals surface area contributed by atoms with Gasteiger partial charge in [-0.15, -0.1) is 0 Å². The summed E-state index contributed by atoms with van der Waals surface area (Å²) >= 11 is 0. The highest BCUT2D eigenvalue weighted by Crippen LogP contribution is 2.18. The van der Waals surface area contributed by atoms with Crippen LogP contribution in [0.1, 0.15) is 37.4 Å². The Bertz CT molecular complexity index is 377. The number of likely N-dealkylation sites (N-methyl/N-ethyl adjacent to an activating group) is 1. The number of hydrogen-bond donors (Lipinski definition) is 1. The van der Waals surface area contributed by atoms with Crippen LogP contribution in [0.2, 0.25) is 0 Å². The third kappa shape index (κ3) is 5.31. The Morgan fingerprint density at radius 2 is 1.95 bits per heavy atom. The van der Waals surface area contributed by atoms with Crippen LogP contribution in [0.4, 0.5) is 0 Å². The topological polar surface area (TPSA) is 30.5 Å². The number of methoxy groups -OCH3 is 1. The van der Waals surface area contributed by atoms with Gasteiger partial charge in [0.1, 0.15) is 0 Å². The molecular weight excluding hydrogens is 238 g/mol. The number of benzene rings is 1. The second kappa shape index (κ2) is 7.63. The second-order valence-electron chi connectivity index (χ2n) is 5.49. The molecule has 1 unspecified atom stereocenters. The molecule has 0 fully saturated rings. The molecule has 1 aromatic carbocycles. The number of hydrogen-bond acceptors (Lipinski definition) is 3. The summed E-state index contributed by atoms with van der Waals surface area (Å²) in [5, 5.41) is 3.31. The monoisotopic (exact) mass is 265 g/mol. The summed E-state index contributed by atoms with van der Waals surface area (Å²) in [6.07, 6.45) is 0.897. The van der Waals surface area contributed by atoms with Gasteiger partial charge in [0.25, 0.3) is 0 Å². The second-order valence-corrected chi connectivity index (χ2v) is 5.49. The summed E-state index contributed by atoms with van der Waals surface area (Å²) < 4.78 is 11.2. The van der Waals surface area contributed by atoms with Gasteiger partial charge in [-0.25, -0.2) is 0 Å². The van der Waals surface area contributed by atoms with Gasteiger partial charge in [-0.3, -0.25) is 0 Å². The molecule has 1 aromatic rings. The van der Waals surface area contributed by atoms with Gasteiger partial charge in [0.15, 0.2) is 0 Å². The summed E-state index contributed by atoms with van der Waals surface area (Å²) in [4.78, 5) is 0. The van der Waals surface area contributed by atoms with Gasteiger partial charge in [0, 0.05) is 13.7 Å². The third-order valence-corrected chi connectivity index (χ3v) is 3.60. The molecule has 0 saturated carbocycles. The molecule has 0 spiro atoms. The van der Waals surface area contributed by atoms with Crippen molar-refractivity contribution in [3.63, 3.8) is 0 Å². The summed E-state index contributed by atoms with van der Waals surface area (Å²) in [5.74, 6) is 0. The van der Waals surface area contributed by atoms with Gasteiger partial charge in [0.05, 0.1) is 18.2 Å².